The van der Waals surface area contributed by atoms with Crippen LogP contribution in [-0.4, -0.2) is 0 Å². The molecule has 0 rings (SSSR count). The lowest BCUT2D eigenvalue weighted by Gasteiger charge is -2.21. The fourth-order valence-corrected chi connectivity index (χ4v) is 2.05. The molecule has 0 heterocycles. The lowest BCUT2D eigenvalue weighted by Crippen LogP contribution is -2.08. The SMILES string of the molecule is C=C(C)C(C/C(C)=C(\C)C(C)C)CC(C)C.CC. The van der Waals surface area contributed by atoms with E-state index in [4.69, 9.17) is 0 Å². The van der Waals surface area contributed by atoms with E-state index in [0.29, 0.717) is 11.8 Å². The third-order valence-electron chi connectivity index (χ3n) is 3.54. The minimum Gasteiger partial charge on any atom is -0.0998 e. The van der Waals surface area contributed by atoms with Gasteiger partial charge in [-0.05, 0) is 51.4 Å². The molecule has 0 aliphatic heterocycles. The fraction of sp³-hybridized carbons (Fsp3) is 0.778. The molecule has 0 aromatic carbocycles. The molecule has 1 atom stereocenters. The van der Waals surface area contributed by atoms with Crippen molar-refractivity contribution in [2.45, 2.75) is 75.2 Å². The molecule has 108 valence electrons. The molecule has 1 unspecified atom stereocenters. The van der Waals surface area contributed by atoms with E-state index in [9.17, 15) is 0 Å². The normalized spacial score (nSPS) is 13.9. The van der Waals surface area contributed by atoms with Crippen molar-refractivity contribution in [2.75, 3.05) is 0 Å². The number of hydrogen-bond acceptors (Lipinski definition) is 0. The highest BCUT2D eigenvalue weighted by Gasteiger charge is 2.14. The molecule has 0 bridgehead atoms. The average molecular weight is 252 g/mol. The van der Waals surface area contributed by atoms with Crippen molar-refractivity contribution in [3.63, 3.8) is 0 Å². The predicted molar refractivity (Wildman–Crippen MR) is 86.9 cm³/mol. The summed E-state index contributed by atoms with van der Waals surface area (Å²) in [6.07, 6.45) is 2.45. The predicted octanol–water partition coefficient (Wildman–Crippen LogP) is 6.63. The Morgan fingerprint density at radius 3 is 1.67 bits per heavy atom. The first-order valence-corrected chi connectivity index (χ1v) is 7.57. The summed E-state index contributed by atoms with van der Waals surface area (Å²) in [6, 6.07) is 0. The summed E-state index contributed by atoms with van der Waals surface area (Å²) in [5.74, 6) is 2.09. The zero-order valence-electron chi connectivity index (χ0n) is 14.4. The highest BCUT2D eigenvalue weighted by molar-refractivity contribution is 5.15. The van der Waals surface area contributed by atoms with Crippen molar-refractivity contribution in [3.8, 4) is 0 Å². The largest absolute Gasteiger partial charge is 0.0998 e. The van der Waals surface area contributed by atoms with Gasteiger partial charge in [-0.2, -0.15) is 0 Å². The third kappa shape index (κ3) is 8.55. The molecule has 0 radical (unpaired) electrons. The fourth-order valence-electron chi connectivity index (χ4n) is 2.05. The summed E-state index contributed by atoms with van der Waals surface area (Å²) < 4.78 is 0. The zero-order valence-corrected chi connectivity index (χ0v) is 14.4. The minimum absolute atomic E-state index is 0.661. The van der Waals surface area contributed by atoms with Crippen molar-refractivity contribution in [2.24, 2.45) is 17.8 Å². The van der Waals surface area contributed by atoms with Gasteiger partial charge in [0.05, 0.1) is 0 Å². The molecule has 0 aliphatic carbocycles. The Morgan fingerprint density at radius 1 is 0.944 bits per heavy atom. The molecule has 0 aromatic heterocycles. The molecule has 0 aliphatic rings. The summed E-state index contributed by atoms with van der Waals surface area (Å²) >= 11 is 0. The number of rotatable bonds is 6. The van der Waals surface area contributed by atoms with E-state index in [0.717, 1.165) is 5.92 Å². The van der Waals surface area contributed by atoms with E-state index >= 15 is 0 Å². The third-order valence-corrected chi connectivity index (χ3v) is 3.54. The van der Waals surface area contributed by atoms with E-state index in [1.165, 1.54) is 18.4 Å². The van der Waals surface area contributed by atoms with Crippen LogP contribution in [0.2, 0.25) is 0 Å². The first-order chi connectivity index (χ1) is 8.25. The van der Waals surface area contributed by atoms with Crippen LogP contribution < -0.4 is 0 Å². The minimum atomic E-state index is 0.661. The van der Waals surface area contributed by atoms with Crippen molar-refractivity contribution in [1.82, 2.24) is 0 Å². The molecule has 0 saturated carbocycles. The molecule has 0 fully saturated rings. The van der Waals surface area contributed by atoms with Gasteiger partial charge in [-0.15, -0.1) is 0 Å². The maximum absolute atomic E-state index is 4.14. The van der Waals surface area contributed by atoms with Gasteiger partial charge in [-0.1, -0.05) is 64.8 Å². The Kier molecular flexibility index (Phi) is 11.5. The van der Waals surface area contributed by atoms with Gasteiger partial charge >= 0.3 is 0 Å². The van der Waals surface area contributed by atoms with Crippen LogP contribution in [0.15, 0.2) is 23.3 Å². The molecule has 0 saturated heterocycles. The summed E-state index contributed by atoms with van der Waals surface area (Å²) in [4.78, 5) is 0. The van der Waals surface area contributed by atoms with Gasteiger partial charge in [0.25, 0.3) is 0 Å². The number of allylic oxidation sites excluding steroid dienone is 3. The van der Waals surface area contributed by atoms with Crippen molar-refractivity contribution >= 4 is 0 Å². The van der Waals surface area contributed by atoms with Crippen LogP contribution in [0.1, 0.15) is 75.2 Å². The lowest BCUT2D eigenvalue weighted by molar-refractivity contribution is 0.453. The maximum atomic E-state index is 4.14. The first kappa shape index (κ1) is 19.8. The van der Waals surface area contributed by atoms with E-state index in [2.05, 4.69) is 55.0 Å². The molecular formula is C18H36. The molecule has 0 N–H and O–H groups in total. The monoisotopic (exact) mass is 252 g/mol. The Labute approximate surface area is 117 Å². The van der Waals surface area contributed by atoms with E-state index in [1.807, 2.05) is 13.8 Å². The van der Waals surface area contributed by atoms with Gasteiger partial charge in [-0.3, -0.25) is 0 Å². The van der Waals surface area contributed by atoms with Gasteiger partial charge in [0.1, 0.15) is 0 Å². The highest BCUT2D eigenvalue weighted by atomic mass is 14.2. The maximum Gasteiger partial charge on any atom is -0.0169 e. The quantitative estimate of drug-likeness (QED) is 0.465. The van der Waals surface area contributed by atoms with E-state index < -0.39 is 0 Å². The van der Waals surface area contributed by atoms with Crippen LogP contribution in [0.3, 0.4) is 0 Å². The number of hydrogen-bond donors (Lipinski definition) is 0. The molecule has 0 heteroatoms. The van der Waals surface area contributed by atoms with Crippen LogP contribution >= 0.6 is 0 Å². The van der Waals surface area contributed by atoms with Crippen molar-refractivity contribution in [1.29, 1.82) is 0 Å². The molecule has 0 nitrogen and oxygen atoms in total. The van der Waals surface area contributed by atoms with Gasteiger partial charge in [0.15, 0.2) is 0 Å². The Balaban J connectivity index is 0. The van der Waals surface area contributed by atoms with E-state index in [-0.39, 0.29) is 0 Å². The van der Waals surface area contributed by atoms with Crippen LogP contribution in [0.4, 0.5) is 0 Å². The average Bonchev–Trinajstić information content (AvgIpc) is 2.28. The van der Waals surface area contributed by atoms with Gasteiger partial charge in [0, 0.05) is 0 Å². The standard InChI is InChI=1S/C16H30.C2H6/c1-11(2)9-16(13(5)6)10-14(7)15(8)12(3)4;1-2/h11-12,16H,5,9-10H2,1-4,6-8H3;1-2H3/b15-14+;. The Hall–Kier alpha value is -0.520. The molecular weight excluding hydrogens is 216 g/mol. The summed E-state index contributed by atoms with van der Waals surface area (Å²) in [7, 11) is 0. The van der Waals surface area contributed by atoms with Crippen LogP contribution in [-0.2, 0) is 0 Å². The summed E-state index contributed by atoms with van der Waals surface area (Å²) in [5.41, 5.74) is 4.45. The van der Waals surface area contributed by atoms with Crippen LogP contribution in [0.5, 0.6) is 0 Å². The van der Waals surface area contributed by atoms with Gasteiger partial charge in [-0.25, -0.2) is 0 Å². The van der Waals surface area contributed by atoms with Crippen LogP contribution in [0.25, 0.3) is 0 Å². The van der Waals surface area contributed by atoms with Crippen LogP contribution in [0, 0.1) is 17.8 Å². The summed E-state index contributed by atoms with van der Waals surface area (Å²) in [6.45, 7) is 24.0. The molecule has 0 aromatic rings. The lowest BCUT2D eigenvalue weighted by atomic mass is 9.84. The molecule has 18 heavy (non-hydrogen) atoms. The Morgan fingerprint density at radius 2 is 1.39 bits per heavy atom. The Bertz CT molecular complexity index is 253. The zero-order chi connectivity index (χ0) is 14.9. The second-order valence-corrected chi connectivity index (χ2v) is 5.99. The second kappa shape index (κ2) is 10.4. The molecule has 0 spiro atoms. The first-order valence-electron chi connectivity index (χ1n) is 7.57. The van der Waals surface area contributed by atoms with Crippen molar-refractivity contribution < 1.29 is 0 Å². The smallest absolute Gasteiger partial charge is 0.0169 e. The topological polar surface area (TPSA) is 0 Å². The van der Waals surface area contributed by atoms with Crippen molar-refractivity contribution in [3.05, 3.63) is 23.3 Å². The summed E-state index contributed by atoms with van der Waals surface area (Å²) in [5, 5.41) is 0. The molecule has 0 amide bonds. The van der Waals surface area contributed by atoms with Gasteiger partial charge in [0.2, 0.25) is 0 Å². The second-order valence-electron chi connectivity index (χ2n) is 5.99. The highest BCUT2D eigenvalue weighted by Crippen LogP contribution is 2.28. The van der Waals surface area contributed by atoms with Gasteiger partial charge < -0.3 is 0 Å². The van der Waals surface area contributed by atoms with E-state index in [1.54, 1.807) is 11.1 Å².